The Kier molecular flexibility index (Phi) is 4.81. The molecular formula is C22H27N3. The lowest BCUT2D eigenvalue weighted by Crippen LogP contribution is -2.11. The Labute approximate surface area is 150 Å². The number of aryl methyl sites for hydroxylation is 3. The number of hydrogen-bond donors (Lipinski definition) is 1. The minimum absolute atomic E-state index is 0.384. The van der Waals surface area contributed by atoms with Crippen LogP contribution in [0.4, 0.5) is 5.82 Å². The van der Waals surface area contributed by atoms with E-state index in [1.165, 1.54) is 46.2 Å². The van der Waals surface area contributed by atoms with Crippen LogP contribution >= 0.6 is 0 Å². The first-order valence-corrected chi connectivity index (χ1v) is 9.24. The van der Waals surface area contributed by atoms with Gasteiger partial charge in [-0.15, -0.1) is 0 Å². The molecule has 1 aromatic heterocycles. The number of nitrogens with two attached hydrogens (primary N) is 1. The molecule has 1 heterocycles. The number of aromatic nitrogens is 1. The highest BCUT2D eigenvalue weighted by atomic mass is 14.9. The highest BCUT2D eigenvalue weighted by molar-refractivity contribution is 5.84. The number of nitrogens with zero attached hydrogens (tertiary/aromatic N) is 2. The Morgan fingerprint density at radius 3 is 2.12 bits per heavy atom. The van der Waals surface area contributed by atoms with Gasteiger partial charge in [-0.05, 0) is 86.8 Å². The van der Waals surface area contributed by atoms with E-state index < -0.39 is 0 Å². The summed E-state index contributed by atoms with van der Waals surface area (Å²) in [5.41, 5.74) is 16.4. The quantitative estimate of drug-likeness (QED) is 0.790. The van der Waals surface area contributed by atoms with Crippen LogP contribution in [-0.2, 0) is 12.8 Å². The molecule has 25 heavy (non-hydrogen) atoms. The Morgan fingerprint density at radius 1 is 0.920 bits per heavy atom. The van der Waals surface area contributed by atoms with Gasteiger partial charge >= 0.3 is 0 Å². The maximum absolute atomic E-state index is 9.84. The van der Waals surface area contributed by atoms with Crippen LogP contribution in [0, 0.1) is 39.0 Å². The van der Waals surface area contributed by atoms with Crippen molar-refractivity contribution in [1.82, 2.24) is 4.98 Å². The van der Waals surface area contributed by atoms with Crippen LogP contribution < -0.4 is 5.73 Å². The molecule has 0 bridgehead atoms. The third-order valence-electron chi connectivity index (χ3n) is 5.73. The molecule has 0 saturated heterocycles. The summed E-state index contributed by atoms with van der Waals surface area (Å²) in [5, 5.41) is 9.84. The second kappa shape index (κ2) is 6.88. The zero-order valence-corrected chi connectivity index (χ0v) is 15.8. The number of nitriles is 1. The van der Waals surface area contributed by atoms with Crippen molar-refractivity contribution in [1.29, 1.82) is 5.26 Å². The van der Waals surface area contributed by atoms with Gasteiger partial charge in [-0.3, -0.25) is 0 Å². The van der Waals surface area contributed by atoms with Crippen LogP contribution in [0.3, 0.4) is 0 Å². The smallest absolute Gasteiger partial charge is 0.142 e. The van der Waals surface area contributed by atoms with Crippen LogP contribution in [0.2, 0.25) is 0 Å². The molecule has 0 amide bonds. The highest BCUT2D eigenvalue weighted by Crippen LogP contribution is 2.40. The first-order chi connectivity index (χ1) is 12.0. The molecule has 0 saturated carbocycles. The third-order valence-corrected chi connectivity index (χ3v) is 5.73. The van der Waals surface area contributed by atoms with E-state index in [0.717, 1.165) is 36.9 Å². The van der Waals surface area contributed by atoms with E-state index in [4.69, 9.17) is 5.73 Å². The summed E-state index contributed by atoms with van der Waals surface area (Å²) in [4.78, 5) is 4.63. The molecule has 0 unspecified atom stereocenters. The number of nitrogen functional groups attached to an aromatic ring is 1. The van der Waals surface area contributed by atoms with Crippen LogP contribution in [0.1, 0.15) is 64.8 Å². The van der Waals surface area contributed by atoms with Gasteiger partial charge in [0.05, 0.1) is 0 Å². The van der Waals surface area contributed by atoms with Crippen molar-refractivity contribution in [3.05, 3.63) is 45.1 Å². The summed E-state index contributed by atoms with van der Waals surface area (Å²) in [7, 11) is 0. The molecule has 130 valence electrons. The van der Waals surface area contributed by atoms with Crippen LogP contribution in [0.25, 0.3) is 11.1 Å². The normalized spacial score (nSPS) is 14.4. The van der Waals surface area contributed by atoms with Gasteiger partial charge in [0.1, 0.15) is 17.5 Å². The van der Waals surface area contributed by atoms with Gasteiger partial charge < -0.3 is 5.73 Å². The maximum atomic E-state index is 9.84. The number of hydrogen-bond acceptors (Lipinski definition) is 3. The minimum atomic E-state index is 0.384. The van der Waals surface area contributed by atoms with Crippen molar-refractivity contribution in [2.24, 2.45) is 0 Å². The largest absolute Gasteiger partial charge is 0.383 e. The van der Waals surface area contributed by atoms with Crippen LogP contribution in [0.5, 0.6) is 0 Å². The van der Waals surface area contributed by atoms with Crippen molar-refractivity contribution in [3.63, 3.8) is 0 Å². The second-order valence-corrected chi connectivity index (χ2v) is 7.33. The molecule has 1 aliphatic rings. The molecular weight excluding hydrogens is 306 g/mol. The van der Waals surface area contributed by atoms with Gasteiger partial charge in [0.15, 0.2) is 0 Å². The lowest BCUT2D eigenvalue weighted by atomic mass is 9.82. The highest BCUT2D eigenvalue weighted by Gasteiger charge is 2.23. The fraction of sp³-hybridized carbons (Fsp3) is 0.455. The molecule has 0 atom stereocenters. The second-order valence-electron chi connectivity index (χ2n) is 7.33. The van der Waals surface area contributed by atoms with Crippen molar-refractivity contribution in [2.75, 3.05) is 5.73 Å². The van der Waals surface area contributed by atoms with Crippen LogP contribution in [0.15, 0.2) is 6.07 Å². The minimum Gasteiger partial charge on any atom is -0.383 e. The summed E-state index contributed by atoms with van der Waals surface area (Å²) in [5.74, 6) is 0.384. The number of fused-ring (bicyclic) bond motifs is 1. The standard InChI is InChI=1S/C22H27N3/c1-13-11-14(2)16(4)20(15(13)3)21-17-9-7-5-6-8-10-19(17)25-22(24)18(21)12-23/h11H,5-10H2,1-4H3,(H2,24,25). The number of anilines is 1. The van der Waals surface area contributed by atoms with Crippen molar-refractivity contribution < 1.29 is 0 Å². The summed E-state index contributed by atoms with van der Waals surface area (Å²) < 4.78 is 0. The topological polar surface area (TPSA) is 62.7 Å². The van der Waals surface area contributed by atoms with Gasteiger partial charge in [0, 0.05) is 11.3 Å². The Balaban J connectivity index is 2.42. The molecule has 0 fully saturated rings. The predicted octanol–water partition coefficient (Wildman–Crippen LogP) is 5.10. The van der Waals surface area contributed by atoms with Gasteiger partial charge in [-0.2, -0.15) is 5.26 Å². The van der Waals surface area contributed by atoms with Gasteiger partial charge in [-0.25, -0.2) is 4.98 Å². The summed E-state index contributed by atoms with van der Waals surface area (Å²) in [6.07, 6.45) is 6.74. The Morgan fingerprint density at radius 2 is 1.52 bits per heavy atom. The molecule has 1 aliphatic carbocycles. The number of benzene rings is 1. The molecule has 0 spiro atoms. The molecule has 3 rings (SSSR count). The molecule has 3 nitrogen and oxygen atoms in total. The molecule has 1 aromatic carbocycles. The molecule has 0 radical (unpaired) electrons. The monoisotopic (exact) mass is 333 g/mol. The first kappa shape index (κ1) is 17.5. The zero-order chi connectivity index (χ0) is 18.1. The first-order valence-electron chi connectivity index (χ1n) is 9.24. The van der Waals surface area contributed by atoms with Gasteiger partial charge in [0.25, 0.3) is 0 Å². The predicted molar refractivity (Wildman–Crippen MR) is 104 cm³/mol. The van der Waals surface area contributed by atoms with Crippen LogP contribution in [-0.4, -0.2) is 4.98 Å². The van der Waals surface area contributed by atoms with Crippen molar-refractivity contribution >= 4 is 5.82 Å². The van der Waals surface area contributed by atoms with Gasteiger partial charge in [-0.1, -0.05) is 18.9 Å². The average Bonchev–Trinajstić information content (AvgIpc) is 2.55. The molecule has 2 aromatic rings. The van der Waals surface area contributed by atoms with Crippen molar-refractivity contribution in [2.45, 2.75) is 66.2 Å². The zero-order valence-electron chi connectivity index (χ0n) is 15.8. The van der Waals surface area contributed by atoms with E-state index >= 15 is 0 Å². The van der Waals surface area contributed by atoms with Crippen molar-refractivity contribution in [3.8, 4) is 17.2 Å². The molecule has 2 N–H and O–H groups in total. The fourth-order valence-electron chi connectivity index (χ4n) is 4.10. The fourth-order valence-corrected chi connectivity index (χ4v) is 4.10. The van der Waals surface area contributed by atoms with Gasteiger partial charge in [0.2, 0.25) is 0 Å². The third kappa shape index (κ3) is 3.02. The SMILES string of the molecule is Cc1cc(C)c(C)c(-c2c(C#N)c(N)nc3c2CCCCCC3)c1C. The maximum Gasteiger partial charge on any atom is 0.142 e. The average molecular weight is 333 g/mol. The van der Waals surface area contributed by atoms with E-state index in [2.05, 4.69) is 44.8 Å². The Bertz CT molecular complexity index is 846. The molecule has 0 aliphatic heterocycles. The summed E-state index contributed by atoms with van der Waals surface area (Å²) >= 11 is 0. The van der Waals surface area contributed by atoms with E-state index in [1.807, 2.05) is 0 Å². The number of rotatable bonds is 1. The summed E-state index contributed by atoms with van der Waals surface area (Å²) in [6, 6.07) is 4.58. The van der Waals surface area contributed by atoms with E-state index in [0.29, 0.717) is 11.4 Å². The lowest BCUT2D eigenvalue weighted by molar-refractivity contribution is 0.609. The van der Waals surface area contributed by atoms with E-state index in [1.54, 1.807) is 0 Å². The summed E-state index contributed by atoms with van der Waals surface area (Å²) in [6.45, 7) is 8.60. The van der Waals surface area contributed by atoms with E-state index in [-0.39, 0.29) is 0 Å². The molecule has 3 heteroatoms. The van der Waals surface area contributed by atoms with E-state index in [9.17, 15) is 5.26 Å². The number of pyridine rings is 1. The Hall–Kier alpha value is -2.34. The lowest BCUT2D eigenvalue weighted by Gasteiger charge is -2.23.